The lowest BCUT2D eigenvalue weighted by Crippen LogP contribution is -2.17. The van der Waals surface area contributed by atoms with Gasteiger partial charge in [0.05, 0.1) is 16.4 Å². The number of amides is 1. The van der Waals surface area contributed by atoms with Crippen LogP contribution >= 0.6 is 11.6 Å². The first-order chi connectivity index (χ1) is 9.51. The van der Waals surface area contributed by atoms with Crippen LogP contribution in [-0.4, -0.2) is 15.9 Å². The number of aromatic nitrogens is 2. The Morgan fingerprint density at radius 1 is 1.20 bits per heavy atom. The first-order valence-electron chi connectivity index (χ1n) is 5.90. The van der Waals surface area contributed by atoms with Crippen molar-refractivity contribution in [2.24, 2.45) is 5.84 Å². The van der Waals surface area contributed by atoms with Crippen LogP contribution in [-0.2, 0) is 0 Å². The summed E-state index contributed by atoms with van der Waals surface area (Å²) in [6, 6.07) is 6.74. The number of nitrogens with two attached hydrogens (primary N) is 1. The van der Waals surface area contributed by atoms with Gasteiger partial charge in [-0.1, -0.05) is 11.6 Å². The van der Waals surface area contributed by atoms with Gasteiger partial charge in [-0.15, -0.1) is 0 Å². The van der Waals surface area contributed by atoms with E-state index in [1.54, 1.807) is 18.2 Å². The fourth-order valence-corrected chi connectivity index (χ4v) is 1.87. The highest BCUT2D eigenvalue weighted by atomic mass is 35.5. The lowest BCUT2D eigenvalue weighted by atomic mass is 10.2. The van der Waals surface area contributed by atoms with Gasteiger partial charge in [-0.05, 0) is 38.1 Å². The minimum atomic E-state index is -0.416. The fraction of sp³-hybridized carbons (Fsp3) is 0.154. The number of hydrogen-bond acceptors (Lipinski definition) is 5. The monoisotopic (exact) mass is 291 g/mol. The number of carbonyl (C=O) groups excluding carboxylic acids is 1. The molecule has 4 N–H and O–H groups in total. The number of carbonyl (C=O) groups is 1. The second-order valence-electron chi connectivity index (χ2n) is 4.21. The van der Waals surface area contributed by atoms with Crippen LogP contribution in [0.1, 0.15) is 21.9 Å². The summed E-state index contributed by atoms with van der Waals surface area (Å²) in [6.45, 7) is 3.70. The Bertz CT molecular complexity index is 659. The summed E-state index contributed by atoms with van der Waals surface area (Å²) in [7, 11) is 0. The Kier molecular flexibility index (Phi) is 4.16. The number of aryl methyl sites for hydroxylation is 2. The topological polar surface area (TPSA) is 92.9 Å². The minimum absolute atomic E-state index is 0.0992. The van der Waals surface area contributed by atoms with E-state index in [0.29, 0.717) is 11.5 Å². The number of hydrogen-bond donors (Lipinski definition) is 3. The van der Waals surface area contributed by atoms with Crippen molar-refractivity contribution >= 4 is 29.0 Å². The molecule has 0 fully saturated rings. The van der Waals surface area contributed by atoms with Crippen LogP contribution in [0.2, 0.25) is 5.02 Å². The average Bonchev–Trinajstić information content (AvgIpc) is 2.42. The standard InChI is InChI=1S/C13H14ClN5O/c1-7-3-5-10(8(2)16-7)17-13(20)12-9(14)4-6-11(18-12)19-15/h3-6H,15H2,1-2H3,(H,17,20)(H,18,19). The van der Waals surface area contributed by atoms with E-state index < -0.39 is 5.91 Å². The van der Waals surface area contributed by atoms with Gasteiger partial charge >= 0.3 is 0 Å². The summed E-state index contributed by atoms with van der Waals surface area (Å²) in [5.41, 5.74) is 4.69. The van der Waals surface area contributed by atoms with Gasteiger partial charge in [0.15, 0.2) is 0 Å². The Hall–Kier alpha value is -2.18. The SMILES string of the molecule is Cc1ccc(NC(=O)c2nc(NN)ccc2Cl)c(C)n1. The van der Waals surface area contributed by atoms with Gasteiger partial charge in [0.1, 0.15) is 11.5 Å². The highest BCUT2D eigenvalue weighted by molar-refractivity contribution is 6.34. The molecule has 0 aliphatic heterocycles. The van der Waals surface area contributed by atoms with Crippen LogP contribution in [0.5, 0.6) is 0 Å². The third-order valence-electron chi connectivity index (χ3n) is 2.68. The van der Waals surface area contributed by atoms with Crippen molar-refractivity contribution in [1.82, 2.24) is 9.97 Å². The number of rotatable bonds is 3. The molecule has 2 rings (SSSR count). The summed E-state index contributed by atoms with van der Waals surface area (Å²) in [5.74, 6) is 5.21. The Labute approximate surface area is 121 Å². The minimum Gasteiger partial charge on any atom is -0.319 e. The van der Waals surface area contributed by atoms with E-state index in [9.17, 15) is 4.79 Å². The summed E-state index contributed by atoms with van der Waals surface area (Å²) in [5, 5.41) is 2.98. The van der Waals surface area contributed by atoms with Gasteiger partial charge < -0.3 is 10.7 Å². The summed E-state index contributed by atoms with van der Waals surface area (Å²) >= 11 is 5.97. The van der Waals surface area contributed by atoms with Crippen molar-refractivity contribution in [1.29, 1.82) is 0 Å². The van der Waals surface area contributed by atoms with E-state index in [2.05, 4.69) is 20.7 Å². The first kappa shape index (κ1) is 14.2. The zero-order valence-electron chi connectivity index (χ0n) is 11.1. The fourth-order valence-electron chi connectivity index (χ4n) is 1.68. The summed E-state index contributed by atoms with van der Waals surface area (Å²) in [4.78, 5) is 20.5. The zero-order chi connectivity index (χ0) is 14.7. The van der Waals surface area contributed by atoms with Gasteiger partial charge in [0, 0.05) is 5.69 Å². The van der Waals surface area contributed by atoms with Crippen LogP contribution in [0.15, 0.2) is 24.3 Å². The predicted octanol–water partition coefficient (Wildman–Crippen LogP) is 2.28. The third-order valence-corrected chi connectivity index (χ3v) is 2.99. The summed E-state index contributed by atoms with van der Waals surface area (Å²) < 4.78 is 0. The summed E-state index contributed by atoms with van der Waals surface area (Å²) in [6.07, 6.45) is 0. The largest absolute Gasteiger partial charge is 0.319 e. The molecule has 6 nitrogen and oxygen atoms in total. The van der Waals surface area contributed by atoms with E-state index in [4.69, 9.17) is 17.4 Å². The lowest BCUT2D eigenvalue weighted by molar-refractivity contribution is 0.102. The van der Waals surface area contributed by atoms with Gasteiger partial charge in [-0.2, -0.15) is 0 Å². The number of pyridine rings is 2. The molecule has 0 aliphatic carbocycles. The molecule has 104 valence electrons. The highest BCUT2D eigenvalue weighted by Crippen LogP contribution is 2.19. The molecule has 0 atom stereocenters. The molecule has 0 saturated carbocycles. The molecule has 0 aromatic carbocycles. The first-order valence-corrected chi connectivity index (χ1v) is 6.28. The zero-order valence-corrected chi connectivity index (χ0v) is 11.8. The highest BCUT2D eigenvalue weighted by Gasteiger charge is 2.14. The van der Waals surface area contributed by atoms with Crippen LogP contribution in [0.25, 0.3) is 0 Å². The molecule has 0 spiro atoms. The van der Waals surface area contributed by atoms with Crippen LogP contribution in [0.4, 0.5) is 11.5 Å². The van der Waals surface area contributed by atoms with E-state index >= 15 is 0 Å². The number of halogens is 1. The quantitative estimate of drug-likeness (QED) is 0.596. The molecule has 0 unspecified atom stereocenters. The Balaban J connectivity index is 2.28. The van der Waals surface area contributed by atoms with E-state index in [-0.39, 0.29) is 10.7 Å². The molecule has 2 aromatic heterocycles. The number of anilines is 2. The van der Waals surface area contributed by atoms with E-state index in [1.807, 2.05) is 19.9 Å². The van der Waals surface area contributed by atoms with Gasteiger partial charge in [0.25, 0.3) is 5.91 Å². The van der Waals surface area contributed by atoms with Crippen LogP contribution < -0.4 is 16.6 Å². The van der Waals surface area contributed by atoms with Crippen LogP contribution in [0, 0.1) is 13.8 Å². The molecule has 1 amide bonds. The van der Waals surface area contributed by atoms with Crippen LogP contribution in [0.3, 0.4) is 0 Å². The smallest absolute Gasteiger partial charge is 0.275 e. The molecule has 20 heavy (non-hydrogen) atoms. The molecule has 0 aliphatic rings. The van der Waals surface area contributed by atoms with E-state index in [1.165, 1.54) is 0 Å². The van der Waals surface area contributed by atoms with Crippen molar-refractivity contribution < 1.29 is 4.79 Å². The average molecular weight is 292 g/mol. The molecule has 7 heteroatoms. The van der Waals surface area contributed by atoms with Crippen molar-refractivity contribution in [2.75, 3.05) is 10.7 Å². The second kappa shape index (κ2) is 5.85. The van der Waals surface area contributed by atoms with Crippen molar-refractivity contribution in [3.05, 3.63) is 46.4 Å². The molecule has 2 aromatic rings. The molecule has 0 saturated heterocycles. The van der Waals surface area contributed by atoms with Gasteiger partial charge in [-0.3, -0.25) is 9.78 Å². The number of nitrogen functional groups attached to an aromatic ring is 1. The maximum Gasteiger partial charge on any atom is 0.275 e. The number of nitrogens with zero attached hydrogens (tertiary/aromatic N) is 2. The molecule has 0 bridgehead atoms. The third kappa shape index (κ3) is 3.04. The molecule has 0 radical (unpaired) electrons. The maximum atomic E-state index is 12.2. The van der Waals surface area contributed by atoms with E-state index in [0.717, 1.165) is 11.4 Å². The Morgan fingerprint density at radius 2 is 1.95 bits per heavy atom. The van der Waals surface area contributed by atoms with Gasteiger partial charge in [-0.25, -0.2) is 10.8 Å². The molecular formula is C13H14ClN5O. The lowest BCUT2D eigenvalue weighted by Gasteiger charge is -2.09. The maximum absolute atomic E-state index is 12.2. The van der Waals surface area contributed by atoms with Crippen molar-refractivity contribution in [3.63, 3.8) is 0 Å². The number of hydrazine groups is 1. The normalized spacial score (nSPS) is 10.2. The molecule has 2 heterocycles. The van der Waals surface area contributed by atoms with Gasteiger partial charge in [0.2, 0.25) is 0 Å². The number of nitrogens with one attached hydrogen (secondary N) is 2. The van der Waals surface area contributed by atoms with Crippen molar-refractivity contribution in [2.45, 2.75) is 13.8 Å². The predicted molar refractivity (Wildman–Crippen MR) is 78.7 cm³/mol. The molecular weight excluding hydrogens is 278 g/mol. The second-order valence-corrected chi connectivity index (χ2v) is 4.62. The Morgan fingerprint density at radius 3 is 2.60 bits per heavy atom. The van der Waals surface area contributed by atoms with Crippen molar-refractivity contribution in [3.8, 4) is 0 Å².